The van der Waals surface area contributed by atoms with Crippen molar-refractivity contribution in [3.8, 4) is 11.1 Å². The van der Waals surface area contributed by atoms with E-state index in [4.69, 9.17) is 0 Å². The molecule has 1 unspecified atom stereocenters. The summed E-state index contributed by atoms with van der Waals surface area (Å²) in [5.74, 6) is 0. The van der Waals surface area contributed by atoms with Crippen molar-refractivity contribution < 1.29 is 47.6 Å². The number of hydrogen-bond donors (Lipinski definition) is 0. The van der Waals surface area contributed by atoms with Gasteiger partial charge in [0, 0.05) is 0 Å². The molecule has 0 heterocycles. The molecule has 3 aliphatic carbocycles. The van der Waals surface area contributed by atoms with Gasteiger partial charge in [0.05, 0.1) is 0 Å². The largest absolute Gasteiger partial charge is 1.00 e. The van der Waals surface area contributed by atoms with Crippen LogP contribution in [0.3, 0.4) is 0 Å². The first-order valence-corrected chi connectivity index (χ1v) is 13.1. The monoisotopic (exact) mass is 499 g/mol. The molecule has 0 amide bonds. The fourth-order valence-electron chi connectivity index (χ4n) is 5.13. The van der Waals surface area contributed by atoms with Gasteiger partial charge >= 0.3 is 175 Å². The molecule has 29 heavy (non-hydrogen) atoms. The van der Waals surface area contributed by atoms with Crippen LogP contribution in [0.4, 0.5) is 0 Å². The first kappa shape index (κ1) is 22.9. The van der Waals surface area contributed by atoms with Crippen LogP contribution in [0, 0.1) is 13.8 Å². The quantitative estimate of drug-likeness (QED) is 0.575. The Hall–Kier alpha value is -0.747. The molecular weight excluding hydrogens is 474 g/mol. The van der Waals surface area contributed by atoms with Crippen molar-refractivity contribution in [3.05, 3.63) is 76.4 Å². The number of benzene rings is 2. The molecule has 5 rings (SSSR count). The molecular formula is C26H27Cl2Zr. The summed E-state index contributed by atoms with van der Waals surface area (Å²) in [5, 5.41) is 0. The van der Waals surface area contributed by atoms with Gasteiger partial charge in [0.25, 0.3) is 0 Å². The van der Waals surface area contributed by atoms with E-state index >= 15 is 0 Å². The van der Waals surface area contributed by atoms with E-state index in [1.54, 1.807) is 27.8 Å². The molecule has 149 valence electrons. The van der Waals surface area contributed by atoms with Crippen molar-refractivity contribution in [2.45, 2.75) is 56.0 Å². The van der Waals surface area contributed by atoms with Gasteiger partial charge in [-0.1, -0.05) is 0 Å². The van der Waals surface area contributed by atoms with Gasteiger partial charge in [-0.3, -0.25) is 0 Å². The maximum absolute atomic E-state index is 2.49. The maximum atomic E-state index is 2.49. The standard InChI is InChI=1S/C20H17.C6H10.2ClH.Zr/c1-13-11-18-17-10-6-5-9-16(17)12-19(18)20(14(13)2)15-7-3-4-8-15;1-2-4-6-5-3-1;;;/h3-7,9-12H,8H2,1-2H3;1-5H2;2*1H;/q;;;;+2/p-2. The van der Waals surface area contributed by atoms with E-state index in [1.807, 2.05) is 3.21 Å². The Morgan fingerprint density at radius 3 is 2.41 bits per heavy atom. The first-order chi connectivity index (χ1) is 13.2. The first-order valence-electron chi connectivity index (χ1n) is 10.4. The minimum absolute atomic E-state index is 0. The molecule has 0 aromatic heterocycles. The fourth-order valence-corrected chi connectivity index (χ4v) is 9.81. The number of halogens is 2. The third-order valence-corrected chi connectivity index (χ3v) is 11.1. The average Bonchev–Trinajstić information content (AvgIpc) is 3.32. The molecule has 3 heteroatoms. The molecule has 2 aromatic rings. The van der Waals surface area contributed by atoms with Gasteiger partial charge in [-0.25, -0.2) is 0 Å². The van der Waals surface area contributed by atoms with Crippen molar-refractivity contribution in [2.75, 3.05) is 0 Å². The van der Waals surface area contributed by atoms with Crippen LogP contribution < -0.4 is 24.8 Å². The van der Waals surface area contributed by atoms with E-state index in [-0.39, 0.29) is 24.8 Å². The third-order valence-electron chi connectivity index (χ3n) is 6.64. The number of fused-ring (bicyclic) bond motifs is 3. The molecule has 0 radical (unpaired) electrons. The van der Waals surface area contributed by atoms with E-state index in [0.717, 1.165) is 6.42 Å². The second-order valence-corrected chi connectivity index (χ2v) is 12.2. The molecule has 0 N–H and O–H groups in total. The van der Waals surface area contributed by atoms with Gasteiger partial charge in [0.15, 0.2) is 0 Å². The van der Waals surface area contributed by atoms with E-state index in [1.165, 1.54) is 48.8 Å². The van der Waals surface area contributed by atoms with Gasteiger partial charge in [0.2, 0.25) is 0 Å². The smallest absolute Gasteiger partial charge is 1.00 e. The summed E-state index contributed by atoms with van der Waals surface area (Å²) in [5.41, 5.74) is 12.5. The van der Waals surface area contributed by atoms with Crippen molar-refractivity contribution in [1.29, 1.82) is 0 Å². The van der Waals surface area contributed by atoms with Crippen molar-refractivity contribution in [2.24, 2.45) is 0 Å². The molecule has 1 atom stereocenters. The number of allylic oxidation sites excluding steroid dienone is 4. The Bertz CT molecular complexity index is 1010. The average molecular weight is 502 g/mol. The summed E-state index contributed by atoms with van der Waals surface area (Å²) < 4.78 is 2.68. The Morgan fingerprint density at radius 1 is 0.931 bits per heavy atom. The minimum Gasteiger partial charge on any atom is -1.00 e. The maximum Gasteiger partial charge on any atom is -1.00 e. The predicted octanol–water partition coefficient (Wildman–Crippen LogP) is 0.944. The van der Waals surface area contributed by atoms with Crippen molar-refractivity contribution in [3.63, 3.8) is 0 Å². The van der Waals surface area contributed by atoms with Gasteiger partial charge < -0.3 is 24.8 Å². The second kappa shape index (κ2) is 9.59. The topological polar surface area (TPSA) is 0 Å². The molecule has 2 aromatic carbocycles. The zero-order valence-corrected chi connectivity index (χ0v) is 21.2. The number of hydrogen-bond acceptors (Lipinski definition) is 0. The van der Waals surface area contributed by atoms with Crippen LogP contribution in [0.1, 0.15) is 70.0 Å². The molecule has 1 saturated carbocycles. The molecule has 0 aliphatic heterocycles. The van der Waals surface area contributed by atoms with Crippen LogP contribution in [0.15, 0.2) is 48.6 Å². The minimum atomic E-state index is -0.626. The van der Waals surface area contributed by atoms with Gasteiger partial charge in [-0.05, 0) is 0 Å². The van der Waals surface area contributed by atoms with Crippen LogP contribution in [-0.2, 0) is 22.8 Å². The van der Waals surface area contributed by atoms with Crippen molar-refractivity contribution in [1.82, 2.24) is 0 Å². The van der Waals surface area contributed by atoms with E-state index in [0.29, 0.717) is 3.63 Å². The number of aryl methyl sites for hydroxylation is 1. The summed E-state index contributed by atoms with van der Waals surface area (Å²) in [7, 11) is 0. The third kappa shape index (κ3) is 4.08. The zero-order valence-electron chi connectivity index (χ0n) is 17.2. The van der Waals surface area contributed by atoms with Crippen LogP contribution >= 0.6 is 0 Å². The Morgan fingerprint density at radius 2 is 1.69 bits per heavy atom. The van der Waals surface area contributed by atoms with Crippen LogP contribution in [-0.4, -0.2) is 3.21 Å². The Labute approximate surface area is 198 Å². The van der Waals surface area contributed by atoms with E-state index < -0.39 is 22.8 Å². The Balaban J connectivity index is 0.00000120. The molecule has 1 fully saturated rings. The van der Waals surface area contributed by atoms with Crippen LogP contribution in [0.25, 0.3) is 16.7 Å². The summed E-state index contributed by atoms with van der Waals surface area (Å²) >= 11 is -0.626. The fraction of sp³-hybridized carbons (Fsp3) is 0.346. The normalized spacial score (nSPS) is 18.9. The van der Waals surface area contributed by atoms with E-state index in [9.17, 15) is 0 Å². The van der Waals surface area contributed by atoms with Gasteiger partial charge in [-0.15, -0.1) is 0 Å². The summed E-state index contributed by atoms with van der Waals surface area (Å²) in [4.78, 5) is 0. The molecule has 3 aliphatic rings. The van der Waals surface area contributed by atoms with Gasteiger partial charge in [0.1, 0.15) is 0 Å². The second-order valence-electron chi connectivity index (χ2n) is 8.31. The summed E-state index contributed by atoms with van der Waals surface area (Å²) in [6.07, 6.45) is 15.2. The molecule has 0 spiro atoms. The zero-order chi connectivity index (χ0) is 18.4. The molecule has 0 saturated heterocycles. The summed E-state index contributed by atoms with van der Waals surface area (Å²) in [6, 6.07) is 11.8. The van der Waals surface area contributed by atoms with Crippen LogP contribution in [0.5, 0.6) is 0 Å². The predicted molar refractivity (Wildman–Crippen MR) is 113 cm³/mol. The molecule has 0 bridgehead atoms. The van der Waals surface area contributed by atoms with Crippen LogP contribution in [0.2, 0.25) is 0 Å². The van der Waals surface area contributed by atoms with E-state index in [2.05, 4.69) is 62.4 Å². The molecule has 0 nitrogen and oxygen atoms in total. The summed E-state index contributed by atoms with van der Waals surface area (Å²) in [6.45, 7) is 4.65. The Kier molecular flexibility index (Phi) is 7.58. The van der Waals surface area contributed by atoms with Crippen molar-refractivity contribution >= 4 is 8.78 Å². The SMILES string of the molecule is Cc1cc2c(c(C3=CC=CC3)c1C)[CH]([Zr+2]=[C]1CCCCC1)c1ccccc1-2.[Cl-].[Cl-]. The number of rotatable bonds is 2. The van der Waals surface area contributed by atoms with Gasteiger partial charge in [-0.2, -0.15) is 0 Å².